The first-order chi connectivity index (χ1) is 13.6. The Morgan fingerprint density at radius 1 is 1.07 bits per heavy atom. The van der Waals surface area contributed by atoms with E-state index in [2.05, 4.69) is 17.6 Å². The van der Waals surface area contributed by atoms with Crippen molar-refractivity contribution in [2.75, 3.05) is 10.6 Å². The molecule has 1 aliphatic rings. The van der Waals surface area contributed by atoms with Crippen molar-refractivity contribution in [2.24, 2.45) is 5.92 Å². The predicted molar refractivity (Wildman–Crippen MR) is 106 cm³/mol. The minimum absolute atomic E-state index is 0.218. The molecule has 6 nitrogen and oxygen atoms in total. The first kappa shape index (κ1) is 17.9. The number of carbonyl (C=O) groups excluding carboxylic acids is 2. The van der Waals surface area contributed by atoms with Crippen LogP contribution in [0, 0.1) is 5.92 Å². The summed E-state index contributed by atoms with van der Waals surface area (Å²) in [6, 6.07) is 14.0. The van der Waals surface area contributed by atoms with Crippen molar-refractivity contribution >= 4 is 29.3 Å². The number of anilines is 2. The molecule has 2 N–H and O–H groups in total. The Hall–Kier alpha value is -3.54. The van der Waals surface area contributed by atoms with Crippen molar-refractivity contribution < 1.29 is 18.4 Å². The summed E-state index contributed by atoms with van der Waals surface area (Å²) in [7, 11) is 0. The van der Waals surface area contributed by atoms with Gasteiger partial charge in [0, 0.05) is 23.4 Å². The van der Waals surface area contributed by atoms with Crippen LogP contribution in [-0.2, 0) is 4.79 Å². The van der Waals surface area contributed by atoms with E-state index in [1.807, 2.05) is 12.1 Å². The van der Waals surface area contributed by atoms with Crippen LogP contribution in [0.15, 0.2) is 69.7 Å². The molecule has 1 aromatic carbocycles. The van der Waals surface area contributed by atoms with Gasteiger partial charge in [0.05, 0.1) is 6.26 Å². The minimum atomic E-state index is -0.355. The molecule has 1 saturated carbocycles. The molecular formula is C22H20N2O4. The zero-order valence-electron chi connectivity index (χ0n) is 15.3. The van der Waals surface area contributed by atoms with E-state index in [1.54, 1.807) is 42.5 Å². The third kappa shape index (κ3) is 4.23. The number of amides is 2. The number of hydrogen-bond donors (Lipinski definition) is 2. The lowest BCUT2D eigenvalue weighted by atomic mass is 10.2. The van der Waals surface area contributed by atoms with Crippen molar-refractivity contribution in [1.82, 2.24) is 0 Å². The Morgan fingerprint density at radius 3 is 2.57 bits per heavy atom. The number of nitrogens with one attached hydrogen (secondary N) is 2. The van der Waals surface area contributed by atoms with Crippen LogP contribution in [0.3, 0.4) is 0 Å². The summed E-state index contributed by atoms with van der Waals surface area (Å²) in [6.45, 7) is 2.20. The van der Waals surface area contributed by atoms with E-state index in [-0.39, 0.29) is 17.6 Å². The second-order valence-corrected chi connectivity index (χ2v) is 6.89. The van der Waals surface area contributed by atoms with Crippen LogP contribution < -0.4 is 10.6 Å². The lowest BCUT2D eigenvalue weighted by molar-refractivity contribution is -0.111. The second kappa shape index (κ2) is 7.60. The van der Waals surface area contributed by atoms with Gasteiger partial charge in [0.1, 0.15) is 11.5 Å². The lowest BCUT2D eigenvalue weighted by Gasteiger charge is -2.06. The van der Waals surface area contributed by atoms with E-state index < -0.39 is 0 Å². The zero-order chi connectivity index (χ0) is 19.5. The second-order valence-electron chi connectivity index (χ2n) is 6.89. The Morgan fingerprint density at radius 2 is 1.86 bits per heavy atom. The van der Waals surface area contributed by atoms with Crippen LogP contribution in [0.4, 0.5) is 11.4 Å². The number of rotatable bonds is 6. The summed E-state index contributed by atoms with van der Waals surface area (Å²) in [5, 5.41) is 5.49. The van der Waals surface area contributed by atoms with Gasteiger partial charge in [0.25, 0.3) is 5.91 Å². The van der Waals surface area contributed by atoms with Crippen LogP contribution in [0.5, 0.6) is 0 Å². The first-order valence-corrected chi connectivity index (χ1v) is 9.12. The van der Waals surface area contributed by atoms with E-state index in [4.69, 9.17) is 8.83 Å². The molecule has 0 aliphatic heterocycles. The smallest absolute Gasteiger partial charge is 0.291 e. The largest absolute Gasteiger partial charge is 0.461 e. The highest BCUT2D eigenvalue weighted by Crippen LogP contribution is 2.47. The molecular weight excluding hydrogens is 356 g/mol. The molecule has 2 atom stereocenters. The highest BCUT2D eigenvalue weighted by Gasteiger charge is 2.36. The third-order valence-corrected chi connectivity index (χ3v) is 4.65. The Balaban J connectivity index is 1.35. The molecule has 0 saturated heterocycles. The molecule has 2 heterocycles. The van der Waals surface area contributed by atoms with Crippen LogP contribution in [0.25, 0.3) is 6.08 Å². The van der Waals surface area contributed by atoms with Gasteiger partial charge in [-0.3, -0.25) is 9.59 Å². The molecule has 1 fully saturated rings. The van der Waals surface area contributed by atoms with Crippen molar-refractivity contribution in [3.8, 4) is 0 Å². The van der Waals surface area contributed by atoms with Gasteiger partial charge in [0.2, 0.25) is 5.91 Å². The molecule has 6 heteroatoms. The summed E-state index contributed by atoms with van der Waals surface area (Å²) in [4.78, 5) is 24.2. The number of benzene rings is 1. The topological polar surface area (TPSA) is 84.5 Å². The van der Waals surface area contributed by atoms with Gasteiger partial charge in [0.15, 0.2) is 5.76 Å². The van der Waals surface area contributed by atoms with Gasteiger partial charge in [-0.2, -0.15) is 0 Å². The minimum Gasteiger partial charge on any atom is -0.461 e. The quantitative estimate of drug-likeness (QED) is 0.599. The van der Waals surface area contributed by atoms with E-state index in [0.29, 0.717) is 29.0 Å². The van der Waals surface area contributed by atoms with E-state index in [0.717, 1.165) is 12.2 Å². The summed E-state index contributed by atoms with van der Waals surface area (Å²) >= 11 is 0. The SMILES string of the molecule is C[C@@H]1C[C@@H]1c1ccc(/C=C/C(=O)Nc2cccc(NC(=O)c3ccco3)c2)o1. The van der Waals surface area contributed by atoms with Gasteiger partial charge in [-0.25, -0.2) is 0 Å². The molecule has 3 aromatic rings. The zero-order valence-corrected chi connectivity index (χ0v) is 15.3. The van der Waals surface area contributed by atoms with Crippen LogP contribution in [0.1, 0.15) is 41.3 Å². The van der Waals surface area contributed by atoms with Gasteiger partial charge < -0.3 is 19.5 Å². The predicted octanol–water partition coefficient (Wildman–Crippen LogP) is 4.90. The van der Waals surface area contributed by atoms with Gasteiger partial charge in [-0.15, -0.1) is 0 Å². The Kier molecular flexibility index (Phi) is 4.85. The molecule has 0 bridgehead atoms. The van der Waals surface area contributed by atoms with Crippen molar-refractivity contribution in [2.45, 2.75) is 19.3 Å². The van der Waals surface area contributed by atoms with Crippen LogP contribution >= 0.6 is 0 Å². The fourth-order valence-corrected chi connectivity index (χ4v) is 2.99. The van der Waals surface area contributed by atoms with E-state index >= 15 is 0 Å². The van der Waals surface area contributed by atoms with Crippen molar-refractivity contribution in [1.29, 1.82) is 0 Å². The maximum absolute atomic E-state index is 12.2. The average molecular weight is 376 g/mol. The standard InChI is InChI=1S/C22H20N2O4/c1-14-12-18(14)19-9-7-17(28-19)8-10-21(25)23-15-4-2-5-16(13-15)24-22(26)20-6-3-11-27-20/h2-11,13-14,18H,12H2,1H3,(H,23,25)(H,24,26)/b10-8+/t14-,18+/m1/s1. The fourth-order valence-electron chi connectivity index (χ4n) is 2.99. The number of carbonyl (C=O) groups is 2. The monoisotopic (exact) mass is 376 g/mol. The highest BCUT2D eigenvalue weighted by atomic mass is 16.3. The van der Waals surface area contributed by atoms with Crippen LogP contribution in [0.2, 0.25) is 0 Å². The van der Waals surface area contributed by atoms with Crippen molar-refractivity contribution in [3.05, 3.63) is 78.2 Å². The molecule has 4 rings (SSSR count). The Bertz CT molecular complexity index is 1020. The fraction of sp³-hybridized carbons (Fsp3) is 0.182. The summed E-state index contributed by atoms with van der Waals surface area (Å²) in [5.41, 5.74) is 1.12. The van der Waals surface area contributed by atoms with Gasteiger partial charge in [-0.05, 0) is 60.9 Å². The molecule has 2 aromatic heterocycles. The average Bonchev–Trinajstić information content (AvgIpc) is 3.10. The summed E-state index contributed by atoms with van der Waals surface area (Å²) in [5.74, 6) is 2.40. The molecule has 0 unspecified atom stereocenters. The Labute approximate surface area is 162 Å². The molecule has 1 aliphatic carbocycles. The molecule has 142 valence electrons. The van der Waals surface area contributed by atoms with E-state index in [1.165, 1.54) is 12.3 Å². The maximum atomic E-state index is 12.2. The molecule has 0 radical (unpaired) electrons. The lowest BCUT2D eigenvalue weighted by Crippen LogP contribution is -2.12. The maximum Gasteiger partial charge on any atom is 0.291 e. The molecule has 2 amide bonds. The first-order valence-electron chi connectivity index (χ1n) is 9.12. The van der Waals surface area contributed by atoms with Gasteiger partial charge in [-0.1, -0.05) is 13.0 Å². The third-order valence-electron chi connectivity index (χ3n) is 4.65. The number of furan rings is 2. The summed E-state index contributed by atoms with van der Waals surface area (Å²) < 4.78 is 10.8. The normalized spacial score (nSPS) is 18.2. The van der Waals surface area contributed by atoms with E-state index in [9.17, 15) is 9.59 Å². The van der Waals surface area contributed by atoms with Gasteiger partial charge >= 0.3 is 0 Å². The molecule has 28 heavy (non-hydrogen) atoms. The van der Waals surface area contributed by atoms with Crippen molar-refractivity contribution in [3.63, 3.8) is 0 Å². The highest BCUT2D eigenvalue weighted by molar-refractivity contribution is 6.04. The summed E-state index contributed by atoms with van der Waals surface area (Å²) in [6.07, 6.45) is 5.66. The van der Waals surface area contributed by atoms with Crippen LogP contribution in [-0.4, -0.2) is 11.8 Å². The number of hydrogen-bond acceptors (Lipinski definition) is 4. The molecule has 0 spiro atoms.